The number of para-hydroxylation sites is 2. The van der Waals surface area contributed by atoms with Crippen molar-refractivity contribution in [1.29, 1.82) is 0 Å². The number of carboxylic acids is 1. The molecule has 1 saturated heterocycles. The highest BCUT2D eigenvalue weighted by molar-refractivity contribution is 5.69. The minimum atomic E-state index is -0.761. The van der Waals surface area contributed by atoms with Crippen LogP contribution in [0.25, 0.3) is 0 Å². The monoisotopic (exact) mass is 294 g/mol. The maximum atomic E-state index is 10.7. The second-order valence-corrected chi connectivity index (χ2v) is 5.01. The van der Waals surface area contributed by atoms with Crippen LogP contribution in [0.5, 0.6) is 11.5 Å². The fourth-order valence-electron chi connectivity index (χ4n) is 2.39. The maximum Gasteiger partial charge on any atom is 0.317 e. The third-order valence-electron chi connectivity index (χ3n) is 3.56. The summed E-state index contributed by atoms with van der Waals surface area (Å²) in [5.74, 6) is 0.733. The molecule has 0 bridgehead atoms. The zero-order valence-corrected chi connectivity index (χ0v) is 12.3. The number of aliphatic carboxylic acids is 1. The fourth-order valence-corrected chi connectivity index (χ4v) is 2.39. The zero-order valence-electron chi connectivity index (χ0n) is 12.3. The van der Waals surface area contributed by atoms with Gasteiger partial charge >= 0.3 is 5.97 Å². The van der Waals surface area contributed by atoms with Gasteiger partial charge < -0.3 is 14.6 Å². The summed E-state index contributed by atoms with van der Waals surface area (Å²) in [6.45, 7) is 4.90. The molecule has 6 heteroatoms. The number of hydrogen-bond donors (Lipinski definition) is 1. The lowest BCUT2D eigenvalue weighted by atomic mass is 10.3. The van der Waals surface area contributed by atoms with Gasteiger partial charge in [0.15, 0.2) is 11.5 Å². The smallest absolute Gasteiger partial charge is 0.317 e. The first-order valence-corrected chi connectivity index (χ1v) is 7.11. The molecular weight excluding hydrogens is 272 g/mol. The summed E-state index contributed by atoms with van der Waals surface area (Å²) >= 11 is 0. The second-order valence-electron chi connectivity index (χ2n) is 5.01. The van der Waals surface area contributed by atoms with E-state index in [2.05, 4.69) is 4.90 Å². The van der Waals surface area contributed by atoms with Crippen molar-refractivity contribution in [2.75, 3.05) is 53.0 Å². The molecule has 0 spiro atoms. The Labute approximate surface area is 124 Å². The lowest BCUT2D eigenvalue weighted by Gasteiger charge is -2.33. The highest BCUT2D eigenvalue weighted by Gasteiger charge is 2.18. The van der Waals surface area contributed by atoms with Crippen LogP contribution in [0, 0.1) is 0 Å². The van der Waals surface area contributed by atoms with E-state index in [9.17, 15) is 4.79 Å². The highest BCUT2D eigenvalue weighted by atomic mass is 16.5. The molecule has 1 aliphatic rings. The van der Waals surface area contributed by atoms with Gasteiger partial charge in [0, 0.05) is 32.7 Å². The van der Waals surface area contributed by atoms with E-state index < -0.39 is 5.97 Å². The lowest BCUT2D eigenvalue weighted by molar-refractivity contribution is -0.138. The minimum Gasteiger partial charge on any atom is -0.493 e. The second kappa shape index (κ2) is 7.85. The summed E-state index contributed by atoms with van der Waals surface area (Å²) in [5.41, 5.74) is 0. The van der Waals surface area contributed by atoms with E-state index in [4.69, 9.17) is 14.6 Å². The number of carbonyl (C=O) groups is 1. The van der Waals surface area contributed by atoms with Gasteiger partial charge in [-0.05, 0) is 12.1 Å². The van der Waals surface area contributed by atoms with Crippen LogP contribution in [0.15, 0.2) is 24.3 Å². The van der Waals surface area contributed by atoms with Gasteiger partial charge in [-0.25, -0.2) is 0 Å². The number of rotatable bonds is 7. The van der Waals surface area contributed by atoms with Crippen LogP contribution in [-0.2, 0) is 4.79 Å². The van der Waals surface area contributed by atoms with Gasteiger partial charge in [-0.3, -0.25) is 14.6 Å². The molecule has 0 atom stereocenters. The van der Waals surface area contributed by atoms with E-state index in [-0.39, 0.29) is 6.54 Å². The van der Waals surface area contributed by atoms with E-state index in [0.717, 1.165) is 44.2 Å². The van der Waals surface area contributed by atoms with Crippen LogP contribution >= 0.6 is 0 Å². The lowest BCUT2D eigenvalue weighted by Crippen LogP contribution is -2.48. The predicted octanol–water partition coefficient (Wildman–Crippen LogP) is 0.776. The van der Waals surface area contributed by atoms with Crippen molar-refractivity contribution in [3.05, 3.63) is 24.3 Å². The first-order valence-electron chi connectivity index (χ1n) is 7.11. The molecular formula is C15H22N2O4. The number of hydrogen-bond acceptors (Lipinski definition) is 5. The summed E-state index contributed by atoms with van der Waals surface area (Å²) in [4.78, 5) is 14.9. The standard InChI is InChI=1S/C15H22N2O4/c1-20-13-4-2-3-5-14(13)21-11-10-16-6-8-17(9-7-16)12-15(18)19/h2-5H,6-12H2,1H3,(H,18,19). The van der Waals surface area contributed by atoms with Gasteiger partial charge in [-0.2, -0.15) is 0 Å². The topological polar surface area (TPSA) is 62.2 Å². The summed E-state index contributed by atoms with van der Waals surface area (Å²) in [6, 6.07) is 7.60. The van der Waals surface area contributed by atoms with E-state index in [1.54, 1.807) is 7.11 Å². The molecule has 0 aromatic heterocycles. The first kappa shape index (κ1) is 15.6. The molecule has 116 valence electrons. The van der Waals surface area contributed by atoms with Crippen molar-refractivity contribution in [2.24, 2.45) is 0 Å². The summed E-state index contributed by atoms with van der Waals surface area (Å²) < 4.78 is 11.0. The van der Waals surface area contributed by atoms with Crippen LogP contribution in [0.4, 0.5) is 0 Å². The van der Waals surface area contributed by atoms with Gasteiger partial charge in [-0.15, -0.1) is 0 Å². The largest absolute Gasteiger partial charge is 0.493 e. The highest BCUT2D eigenvalue weighted by Crippen LogP contribution is 2.25. The van der Waals surface area contributed by atoms with E-state index >= 15 is 0 Å². The first-order chi connectivity index (χ1) is 10.2. The van der Waals surface area contributed by atoms with Crippen molar-refractivity contribution in [1.82, 2.24) is 9.80 Å². The summed E-state index contributed by atoms with van der Waals surface area (Å²) in [5, 5.41) is 8.76. The third-order valence-corrected chi connectivity index (χ3v) is 3.56. The molecule has 0 saturated carbocycles. The summed E-state index contributed by atoms with van der Waals surface area (Å²) in [7, 11) is 1.63. The van der Waals surface area contributed by atoms with Crippen LogP contribution in [0.3, 0.4) is 0 Å². The Morgan fingerprint density at radius 1 is 1.14 bits per heavy atom. The molecule has 0 radical (unpaired) electrons. The van der Waals surface area contributed by atoms with Crippen LogP contribution in [0.2, 0.25) is 0 Å². The molecule has 1 heterocycles. The fraction of sp³-hybridized carbons (Fsp3) is 0.533. The van der Waals surface area contributed by atoms with Gasteiger partial charge in [0.2, 0.25) is 0 Å². The van der Waals surface area contributed by atoms with Gasteiger partial charge in [0.05, 0.1) is 13.7 Å². The minimum absolute atomic E-state index is 0.131. The maximum absolute atomic E-state index is 10.7. The number of piperazine rings is 1. The molecule has 1 aromatic rings. The SMILES string of the molecule is COc1ccccc1OCCN1CCN(CC(=O)O)CC1. The molecule has 0 aliphatic carbocycles. The van der Waals surface area contributed by atoms with Crippen molar-refractivity contribution in [3.63, 3.8) is 0 Å². The molecule has 1 fully saturated rings. The normalized spacial score (nSPS) is 16.6. The van der Waals surface area contributed by atoms with E-state index in [0.29, 0.717) is 6.61 Å². The van der Waals surface area contributed by atoms with Gasteiger partial charge in [0.25, 0.3) is 0 Å². The quantitative estimate of drug-likeness (QED) is 0.802. The molecule has 0 unspecified atom stereocenters. The van der Waals surface area contributed by atoms with E-state index in [1.807, 2.05) is 29.2 Å². The van der Waals surface area contributed by atoms with Crippen LogP contribution in [-0.4, -0.2) is 73.9 Å². The molecule has 1 aliphatic heterocycles. The number of methoxy groups -OCH3 is 1. The van der Waals surface area contributed by atoms with Crippen molar-refractivity contribution < 1.29 is 19.4 Å². The summed E-state index contributed by atoms with van der Waals surface area (Å²) in [6.07, 6.45) is 0. The molecule has 1 N–H and O–H groups in total. The molecule has 2 rings (SSSR count). The number of benzene rings is 1. The predicted molar refractivity (Wildman–Crippen MR) is 79.0 cm³/mol. The van der Waals surface area contributed by atoms with Crippen LogP contribution in [0.1, 0.15) is 0 Å². The Morgan fingerprint density at radius 3 is 2.38 bits per heavy atom. The van der Waals surface area contributed by atoms with E-state index in [1.165, 1.54) is 0 Å². The Bertz CT molecular complexity index is 459. The van der Waals surface area contributed by atoms with Gasteiger partial charge in [0.1, 0.15) is 6.61 Å². The Hall–Kier alpha value is -1.79. The third kappa shape index (κ3) is 4.91. The average molecular weight is 294 g/mol. The Kier molecular flexibility index (Phi) is 5.83. The molecule has 21 heavy (non-hydrogen) atoms. The molecule has 6 nitrogen and oxygen atoms in total. The van der Waals surface area contributed by atoms with Crippen molar-refractivity contribution >= 4 is 5.97 Å². The van der Waals surface area contributed by atoms with Gasteiger partial charge in [-0.1, -0.05) is 12.1 Å². The molecule has 0 amide bonds. The zero-order chi connectivity index (χ0) is 15.1. The average Bonchev–Trinajstić information content (AvgIpc) is 2.49. The number of carboxylic acid groups (broad SMARTS) is 1. The van der Waals surface area contributed by atoms with Crippen LogP contribution < -0.4 is 9.47 Å². The number of nitrogens with zero attached hydrogens (tertiary/aromatic N) is 2. The number of ether oxygens (including phenoxy) is 2. The van der Waals surface area contributed by atoms with Crippen molar-refractivity contribution in [2.45, 2.75) is 0 Å². The Morgan fingerprint density at radius 2 is 1.76 bits per heavy atom. The molecule has 1 aromatic carbocycles. The Balaban J connectivity index is 1.69. The van der Waals surface area contributed by atoms with Crippen molar-refractivity contribution in [3.8, 4) is 11.5 Å².